The molecule has 1 amide bonds. The molecule has 2 aliphatic heterocycles. The third kappa shape index (κ3) is 1.22. The summed E-state index contributed by atoms with van der Waals surface area (Å²) in [6, 6.07) is 0.469. The topological polar surface area (TPSA) is 58.7 Å². The minimum Gasteiger partial charge on any atom is -0.400 e. The Morgan fingerprint density at radius 1 is 1.57 bits per heavy atom. The number of hydrogen-bond acceptors (Lipinski definition) is 3. The molecule has 2 bridgehead atoms. The monoisotopic (exact) mass is 193 g/mol. The second kappa shape index (κ2) is 3.44. The molecule has 4 heteroatoms. The highest BCUT2D eigenvalue weighted by Gasteiger charge is 2.38. The molecule has 0 saturated carbocycles. The maximum Gasteiger partial charge on any atom is 0.210 e. The van der Waals surface area contributed by atoms with E-state index in [9.17, 15) is 4.79 Å². The molecule has 2 rings (SSSR count). The van der Waals surface area contributed by atoms with Crippen molar-refractivity contribution < 1.29 is 4.79 Å². The van der Waals surface area contributed by atoms with Crippen LogP contribution in [0.15, 0.2) is 16.3 Å². The van der Waals surface area contributed by atoms with Gasteiger partial charge in [0.2, 0.25) is 6.41 Å². The van der Waals surface area contributed by atoms with Crippen molar-refractivity contribution in [2.24, 2.45) is 10.7 Å². The van der Waals surface area contributed by atoms with Crippen molar-refractivity contribution in [1.82, 2.24) is 4.90 Å². The molecule has 0 aromatic carbocycles. The second-order valence-corrected chi connectivity index (χ2v) is 3.87. The zero-order valence-corrected chi connectivity index (χ0v) is 8.31. The van der Waals surface area contributed by atoms with Crippen LogP contribution >= 0.6 is 0 Å². The lowest BCUT2D eigenvalue weighted by Gasteiger charge is -2.32. The summed E-state index contributed by atoms with van der Waals surface area (Å²) in [5.74, 6) is 0. The van der Waals surface area contributed by atoms with Crippen molar-refractivity contribution in [3.05, 3.63) is 11.3 Å². The fourth-order valence-electron chi connectivity index (χ4n) is 2.45. The Morgan fingerprint density at radius 3 is 3.00 bits per heavy atom. The molecule has 0 radical (unpaired) electrons. The zero-order valence-electron chi connectivity index (χ0n) is 8.31. The lowest BCUT2D eigenvalue weighted by Crippen LogP contribution is -2.42. The van der Waals surface area contributed by atoms with E-state index in [0.29, 0.717) is 6.04 Å². The van der Waals surface area contributed by atoms with Gasteiger partial charge in [0.25, 0.3) is 0 Å². The van der Waals surface area contributed by atoms with E-state index in [4.69, 9.17) is 5.73 Å². The second-order valence-electron chi connectivity index (χ2n) is 3.87. The summed E-state index contributed by atoms with van der Waals surface area (Å²) in [6.45, 7) is 0. The fourth-order valence-corrected chi connectivity index (χ4v) is 2.45. The van der Waals surface area contributed by atoms with Gasteiger partial charge in [-0.25, -0.2) is 0 Å². The van der Waals surface area contributed by atoms with Gasteiger partial charge in [-0.05, 0) is 24.8 Å². The van der Waals surface area contributed by atoms with Gasteiger partial charge in [0, 0.05) is 25.0 Å². The Morgan fingerprint density at radius 2 is 2.36 bits per heavy atom. The van der Waals surface area contributed by atoms with Crippen LogP contribution in [0.5, 0.6) is 0 Å². The number of carbonyl (C=O) groups excluding carboxylic acids is 1. The van der Waals surface area contributed by atoms with Crippen LogP contribution in [0.4, 0.5) is 0 Å². The molecule has 2 atom stereocenters. The van der Waals surface area contributed by atoms with E-state index >= 15 is 0 Å². The highest BCUT2D eigenvalue weighted by Crippen LogP contribution is 2.35. The van der Waals surface area contributed by atoms with E-state index in [0.717, 1.165) is 36.9 Å². The lowest BCUT2D eigenvalue weighted by molar-refractivity contribution is -0.120. The summed E-state index contributed by atoms with van der Waals surface area (Å²) in [7, 11) is 1.74. The van der Waals surface area contributed by atoms with Gasteiger partial charge in [-0.3, -0.25) is 9.79 Å². The average molecular weight is 193 g/mol. The Labute approximate surface area is 83.5 Å². The summed E-state index contributed by atoms with van der Waals surface area (Å²) in [5, 5.41) is 0. The molecular weight excluding hydrogens is 178 g/mol. The molecule has 1 saturated heterocycles. The first-order chi connectivity index (χ1) is 6.77. The number of aliphatic imine (C=N–C) groups is 1. The van der Waals surface area contributed by atoms with E-state index < -0.39 is 0 Å². The molecule has 2 heterocycles. The summed E-state index contributed by atoms with van der Waals surface area (Å²) in [6.07, 6.45) is 5.66. The van der Waals surface area contributed by atoms with Crippen LogP contribution in [0.3, 0.4) is 0 Å². The molecule has 2 N–H and O–H groups in total. The quantitative estimate of drug-likeness (QED) is 0.506. The summed E-state index contributed by atoms with van der Waals surface area (Å²) < 4.78 is 0. The van der Waals surface area contributed by atoms with Gasteiger partial charge >= 0.3 is 0 Å². The van der Waals surface area contributed by atoms with Crippen molar-refractivity contribution in [3.63, 3.8) is 0 Å². The van der Waals surface area contributed by atoms with Crippen LogP contribution in [0.2, 0.25) is 0 Å². The largest absolute Gasteiger partial charge is 0.400 e. The van der Waals surface area contributed by atoms with E-state index in [1.54, 1.807) is 7.05 Å². The molecule has 0 aliphatic carbocycles. The third-order valence-corrected chi connectivity index (χ3v) is 3.15. The summed E-state index contributed by atoms with van der Waals surface area (Å²) >= 11 is 0. The van der Waals surface area contributed by atoms with E-state index in [1.165, 1.54) is 0 Å². The normalized spacial score (nSPS) is 31.6. The Hall–Kier alpha value is -1.32. The SMILES string of the molecule is CN=CC1=C(N)C2CCC(C1)N2C=O. The number of carbonyl (C=O) groups is 1. The maximum atomic E-state index is 10.8. The number of nitrogens with two attached hydrogens (primary N) is 1. The molecule has 1 fully saturated rings. The van der Waals surface area contributed by atoms with Crippen LogP contribution in [0, 0.1) is 0 Å². The lowest BCUT2D eigenvalue weighted by atomic mass is 10.00. The third-order valence-electron chi connectivity index (χ3n) is 3.15. The first-order valence-electron chi connectivity index (χ1n) is 4.91. The van der Waals surface area contributed by atoms with E-state index in [-0.39, 0.29) is 6.04 Å². The first kappa shape index (κ1) is 9.24. The van der Waals surface area contributed by atoms with Crippen LogP contribution in [-0.2, 0) is 4.79 Å². The Kier molecular flexibility index (Phi) is 2.27. The van der Waals surface area contributed by atoms with Gasteiger partial charge in [0.05, 0.1) is 6.04 Å². The van der Waals surface area contributed by atoms with Gasteiger partial charge in [0.1, 0.15) is 0 Å². The predicted molar refractivity (Wildman–Crippen MR) is 55.0 cm³/mol. The van der Waals surface area contributed by atoms with Crippen LogP contribution in [0.1, 0.15) is 19.3 Å². The van der Waals surface area contributed by atoms with E-state index in [1.807, 2.05) is 11.1 Å². The molecule has 76 valence electrons. The minimum absolute atomic E-state index is 0.124. The molecule has 2 unspecified atom stereocenters. The fraction of sp³-hybridized carbons (Fsp3) is 0.600. The van der Waals surface area contributed by atoms with Crippen LogP contribution < -0.4 is 5.73 Å². The molecule has 0 aromatic rings. The van der Waals surface area contributed by atoms with Crippen molar-refractivity contribution >= 4 is 12.6 Å². The molecular formula is C10H15N3O. The Bertz CT molecular complexity index is 308. The molecule has 14 heavy (non-hydrogen) atoms. The number of hydrogen-bond donors (Lipinski definition) is 1. The average Bonchev–Trinajstić information content (AvgIpc) is 2.51. The minimum atomic E-state index is 0.124. The highest BCUT2D eigenvalue weighted by atomic mass is 16.1. The van der Waals surface area contributed by atoms with Crippen molar-refractivity contribution in [1.29, 1.82) is 0 Å². The zero-order chi connectivity index (χ0) is 10.1. The standard InChI is InChI=1S/C10H15N3O/c1-12-5-7-4-8-2-3-9(10(7)11)13(8)6-14/h5-6,8-9H,2-4,11H2,1H3. The van der Waals surface area contributed by atoms with Gasteiger partial charge in [-0.2, -0.15) is 0 Å². The van der Waals surface area contributed by atoms with Crippen LogP contribution in [-0.4, -0.2) is 36.7 Å². The van der Waals surface area contributed by atoms with Crippen molar-refractivity contribution in [2.75, 3.05) is 7.05 Å². The first-order valence-corrected chi connectivity index (χ1v) is 4.91. The number of amides is 1. The Balaban J connectivity index is 2.32. The van der Waals surface area contributed by atoms with Gasteiger partial charge in [-0.1, -0.05) is 0 Å². The van der Waals surface area contributed by atoms with Gasteiger partial charge in [-0.15, -0.1) is 0 Å². The summed E-state index contributed by atoms with van der Waals surface area (Å²) in [4.78, 5) is 16.7. The summed E-state index contributed by atoms with van der Waals surface area (Å²) in [5.41, 5.74) is 7.94. The van der Waals surface area contributed by atoms with Gasteiger partial charge < -0.3 is 10.6 Å². The number of fused-ring (bicyclic) bond motifs is 2. The molecule has 2 aliphatic rings. The maximum absolute atomic E-state index is 10.8. The predicted octanol–water partition coefficient (Wildman–Crippen LogP) is 0.293. The van der Waals surface area contributed by atoms with Crippen molar-refractivity contribution in [2.45, 2.75) is 31.3 Å². The van der Waals surface area contributed by atoms with Gasteiger partial charge in [0.15, 0.2) is 0 Å². The van der Waals surface area contributed by atoms with E-state index in [2.05, 4.69) is 4.99 Å². The highest BCUT2D eigenvalue weighted by molar-refractivity contribution is 5.81. The number of nitrogens with zero attached hydrogens (tertiary/aromatic N) is 2. The smallest absolute Gasteiger partial charge is 0.210 e. The molecule has 0 aromatic heterocycles. The molecule has 0 spiro atoms. The molecule has 4 nitrogen and oxygen atoms in total. The van der Waals surface area contributed by atoms with Crippen LogP contribution in [0.25, 0.3) is 0 Å². The van der Waals surface area contributed by atoms with Crippen molar-refractivity contribution in [3.8, 4) is 0 Å². The number of rotatable bonds is 2.